The fourth-order valence-corrected chi connectivity index (χ4v) is 5.89. The van der Waals surface area contributed by atoms with Crippen molar-refractivity contribution in [3.05, 3.63) is 63.5 Å². The number of aryl methyl sites for hydroxylation is 1. The summed E-state index contributed by atoms with van der Waals surface area (Å²) in [5.74, 6) is 5.24. The molecular weight excluding hydrogens is 517 g/mol. The number of amidine groups is 1. The molecule has 2 aromatic heterocycles. The highest BCUT2D eigenvalue weighted by atomic mass is 32.1. The molecule has 11 nitrogen and oxygen atoms in total. The summed E-state index contributed by atoms with van der Waals surface area (Å²) in [5, 5.41) is 22.6. The number of nitrogens with two attached hydrogens (primary N) is 1. The molecule has 3 heterocycles. The summed E-state index contributed by atoms with van der Waals surface area (Å²) < 4.78 is 30.2. The maximum Gasteiger partial charge on any atom is 0.348 e. The molecule has 3 aromatic rings. The van der Waals surface area contributed by atoms with Gasteiger partial charge >= 0.3 is 7.52 Å². The lowest BCUT2D eigenvalue weighted by molar-refractivity contribution is 0.250. The molecule has 4 rings (SSSR count). The first-order chi connectivity index (χ1) is 17.8. The van der Waals surface area contributed by atoms with Crippen molar-refractivity contribution in [2.45, 2.75) is 33.2 Å². The van der Waals surface area contributed by atoms with Crippen molar-refractivity contribution in [1.29, 1.82) is 0 Å². The van der Waals surface area contributed by atoms with Crippen LogP contribution < -0.4 is 26.8 Å². The van der Waals surface area contributed by atoms with Crippen LogP contribution in [0.15, 0.2) is 57.1 Å². The Balaban J connectivity index is 1.84. The van der Waals surface area contributed by atoms with Gasteiger partial charge in [0.05, 0.1) is 11.0 Å². The predicted molar refractivity (Wildman–Crippen MR) is 143 cm³/mol. The van der Waals surface area contributed by atoms with E-state index >= 15 is 0 Å². The average Bonchev–Trinajstić information content (AvgIpc) is 3.43. The lowest BCUT2D eigenvalue weighted by Crippen LogP contribution is -2.35. The first kappa shape index (κ1) is 26.6. The number of aromatic hydroxyl groups is 1. The maximum absolute atomic E-state index is 13.8. The third-order valence-electron chi connectivity index (χ3n) is 6.04. The van der Waals surface area contributed by atoms with Crippen LogP contribution in [0.5, 0.6) is 11.5 Å². The van der Waals surface area contributed by atoms with Gasteiger partial charge in [-0.25, -0.2) is 4.68 Å². The zero-order valence-electron chi connectivity index (χ0n) is 20.6. The summed E-state index contributed by atoms with van der Waals surface area (Å²) in [7, 11) is -2.59. The minimum atomic E-state index is -3.85. The Morgan fingerprint density at radius 1 is 1.32 bits per heavy atom. The number of aromatic nitrogens is 2. The Kier molecular flexibility index (Phi) is 8.13. The van der Waals surface area contributed by atoms with Crippen LogP contribution in [0.25, 0.3) is 11.3 Å². The molecule has 0 saturated heterocycles. The Morgan fingerprint density at radius 3 is 2.81 bits per heavy atom. The largest absolute Gasteiger partial charge is 0.505 e. The monoisotopic (exact) mass is 545 g/mol. The molecule has 1 aromatic carbocycles. The molecule has 0 saturated carbocycles. The fraction of sp³-hybridized carbons (Fsp3) is 0.292. The van der Waals surface area contributed by atoms with Gasteiger partial charge in [-0.2, -0.15) is 27.1 Å². The van der Waals surface area contributed by atoms with Gasteiger partial charge in [-0.3, -0.25) is 9.36 Å². The third-order valence-corrected chi connectivity index (χ3v) is 8.66. The molecule has 0 fully saturated rings. The second kappa shape index (κ2) is 11.3. The molecule has 37 heavy (non-hydrogen) atoms. The molecule has 4 N–H and O–H groups in total. The highest BCUT2D eigenvalue weighted by Gasteiger charge is 2.36. The Hall–Kier alpha value is -3.44. The van der Waals surface area contributed by atoms with Gasteiger partial charge in [0.1, 0.15) is 29.5 Å². The van der Waals surface area contributed by atoms with Crippen LogP contribution in [0.2, 0.25) is 0 Å². The molecular formula is C24H28N5O6PS. The molecule has 13 heteroatoms. The molecule has 2 unspecified atom stereocenters. The Morgan fingerprint density at radius 2 is 2.14 bits per heavy atom. The van der Waals surface area contributed by atoms with Gasteiger partial charge < -0.3 is 24.5 Å². The number of nitrogens with one attached hydrogen (secondary N) is 1. The molecule has 0 spiro atoms. The zero-order valence-corrected chi connectivity index (χ0v) is 22.3. The van der Waals surface area contributed by atoms with Crippen molar-refractivity contribution in [3.63, 3.8) is 0 Å². The molecule has 0 bridgehead atoms. The number of nitrogens with zero attached hydrogens (tertiary/aromatic N) is 3. The Bertz CT molecular complexity index is 1440. The Labute approximate surface area is 217 Å². The van der Waals surface area contributed by atoms with Crippen LogP contribution in [0.4, 0.5) is 5.69 Å². The van der Waals surface area contributed by atoms with E-state index in [1.54, 1.807) is 18.2 Å². The van der Waals surface area contributed by atoms with E-state index in [0.29, 0.717) is 29.5 Å². The van der Waals surface area contributed by atoms with Crippen molar-refractivity contribution in [1.82, 2.24) is 9.78 Å². The number of fused-ring (bicyclic) bond motifs is 1. The van der Waals surface area contributed by atoms with Crippen LogP contribution in [-0.2, 0) is 20.5 Å². The molecule has 196 valence electrons. The van der Waals surface area contributed by atoms with Crippen molar-refractivity contribution in [3.8, 4) is 22.8 Å². The molecule has 1 aliphatic heterocycles. The zero-order chi connectivity index (χ0) is 26.6. The number of rotatable bonds is 10. The highest BCUT2D eigenvalue weighted by Crippen LogP contribution is 2.52. The number of ether oxygens (including phenoxy) is 1. The lowest BCUT2D eigenvalue weighted by atomic mass is 10.1. The topological polar surface area (TPSA) is 150 Å². The van der Waals surface area contributed by atoms with Gasteiger partial charge in [0, 0.05) is 24.6 Å². The van der Waals surface area contributed by atoms with E-state index < -0.39 is 13.1 Å². The van der Waals surface area contributed by atoms with Crippen LogP contribution in [0, 0.1) is 5.92 Å². The molecule has 1 aliphatic rings. The quantitative estimate of drug-likeness (QED) is 0.194. The SMILES string of the molecule is CCC(C)CCn1nc(-c2ccsc2)c(O)c(C2=NP(=O)(OC)c3cc(OC=CON)ccc3N2)c1=O. The number of anilines is 1. The van der Waals surface area contributed by atoms with E-state index in [-0.39, 0.29) is 28.1 Å². The second-order valence-electron chi connectivity index (χ2n) is 8.40. The van der Waals surface area contributed by atoms with Gasteiger partial charge in [-0.1, -0.05) is 20.3 Å². The predicted octanol–water partition coefficient (Wildman–Crippen LogP) is 4.19. The number of hydrogen-bond donors (Lipinski definition) is 3. The van der Waals surface area contributed by atoms with Crippen molar-refractivity contribution < 1.29 is 23.8 Å². The van der Waals surface area contributed by atoms with Crippen LogP contribution in [0.3, 0.4) is 0 Å². The normalized spacial score (nSPS) is 17.7. The van der Waals surface area contributed by atoms with Crippen LogP contribution >= 0.6 is 18.9 Å². The van der Waals surface area contributed by atoms with E-state index in [4.69, 9.17) is 15.2 Å². The van der Waals surface area contributed by atoms with Crippen molar-refractivity contribution in [2.75, 3.05) is 12.4 Å². The lowest BCUT2D eigenvalue weighted by Gasteiger charge is -2.25. The van der Waals surface area contributed by atoms with E-state index in [1.807, 2.05) is 10.8 Å². The average molecular weight is 546 g/mol. The molecule has 0 aliphatic carbocycles. The number of hydrogen-bond acceptors (Lipinski definition) is 10. The smallest absolute Gasteiger partial charge is 0.348 e. The molecule has 0 amide bonds. The van der Waals surface area contributed by atoms with Crippen LogP contribution in [-0.4, -0.2) is 27.8 Å². The van der Waals surface area contributed by atoms with Gasteiger partial charge in [-0.15, -0.1) is 0 Å². The first-order valence-electron chi connectivity index (χ1n) is 11.5. The van der Waals surface area contributed by atoms with E-state index in [1.165, 1.54) is 35.5 Å². The number of benzene rings is 1. The van der Waals surface area contributed by atoms with Crippen molar-refractivity contribution in [2.24, 2.45) is 16.6 Å². The highest BCUT2D eigenvalue weighted by molar-refractivity contribution is 7.66. The van der Waals surface area contributed by atoms with Gasteiger partial charge in [-0.05, 0) is 42.0 Å². The summed E-state index contributed by atoms with van der Waals surface area (Å²) in [6.45, 7) is 4.53. The standard InChI is InChI=1S/C24H28N5O6PS/c1-4-15(2)7-9-29-24(31)20(22(30)21(27-29)16-8-12-37-14-16)23-26-18-6-5-17(34-10-11-35-25)13-19(18)36(32,28-23)33-3/h5-6,8,10-15,30H,4,7,9,25H2,1-3H3,(H,26,28,32). The van der Waals surface area contributed by atoms with Gasteiger partial charge in [0.25, 0.3) is 5.56 Å². The van der Waals surface area contributed by atoms with Gasteiger partial charge in [0.2, 0.25) is 0 Å². The van der Waals surface area contributed by atoms with E-state index in [0.717, 1.165) is 19.1 Å². The summed E-state index contributed by atoms with van der Waals surface area (Å²) in [5.41, 5.74) is 0.598. The second-order valence-corrected chi connectivity index (χ2v) is 11.3. The van der Waals surface area contributed by atoms with E-state index in [2.05, 4.69) is 33.9 Å². The summed E-state index contributed by atoms with van der Waals surface area (Å²) in [6.07, 6.45) is 4.03. The van der Waals surface area contributed by atoms with Crippen LogP contribution in [0.1, 0.15) is 32.3 Å². The molecule has 0 radical (unpaired) electrons. The maximum atomic E-state index is 13.8. The summed E-state index contributed by atoms with van der Waals surface area (Å²) >= 11 is 1.44. The van der Waals surface area contributed by atoms with Gasteiger partial charge in [0.15, 0.2) is 11.6 Å². The minimum absolute atomic E-state index is 0.0681. The third kappa shape index (κ3) is 5.47. The first-order valence-corrected chi connectivity index (χ1v) is 14.0. The summed E-state index contributed by atoms with van der Waals surface area (Å²) in [6, 6.07) is 6.53. The fourth-order valence-electron chi connectivity index (χ4n) is 3.72. The van der Waals surface area contributed by atoms with Crippen molar-refractivity contribution >= 4 is 35.7 Å². The summed E-state index contributed by atoms with van der Waals surface area (Å²) in [4.78, 5) is 17.9. The molecule has 2 atom stereocenters. The number of thiophene rings is 1. The minimum Gasteiger partial charge on any atom is -0.505 e. The van der Waals surface area contributed by atoms with E-state index in [9.17, 15) is 14.5 Å².